The number of anilines is 3. The molecule has 110 valence electrons. The van der Waals surface area contributed by atoms with Crippen LogP contribution in [0.2, 0.25) is 5.02 Å². The molecule has 2 aromatic rings. The zero-order valence-corrected chi connectivity index (χ0v) is 14.0. The summed E-state index contributed by atoms with van der Waals surface area (Å²) in [5, 5.41) is 3.77. The van der Waals surface area contributed by atoms with Gasteiger partial charge in [0.1, 0.15) is 0 Å². The molecule has 0 aliphatic carbocycles. The van der Waals surface area contributed by atoms with E-state index in [1.54, 1.807) is 38.4 Å². The van der Waals surface area contributed by atoms with Crippen LogP contribution in [0.4, 0.5) is 17.1 Å². The second kappa shape index (κ2) is 6.37. The normalized spacial score (nSPS) is 10.3. The fraction of sp³-hybridized carbons (Fsp3) is 0.133. The van der Waals surface area contributed by atoms with Crippen molar-refractivity contribution in [2.75, 3.05) is 25.1 Å². The number of nitrogen functional groups attached to an aromatic ring is 1. The van der Waals surface area contributed by atoms with Crippen LogP contribution in [-0.4, -0.2) is 24.9 Å². The molecule has 6 heteroatoms. The summed E-state index contributed by atoms with van der Waals surface area (Å²) in [6, 6.07) is 10.6. The average Bonchev–Trinajstić information content (AvgIpc) is 2.44. The number of benzene rings is 2. The van der Waals surface area contributed by atoms with Crippen LogP contribution in [0.5, 0.6) is 0 Å². The van der Waals surface area contributed by atoms with E-state index in [2.05, 4.69) is 21.2 Å². The Morgan fingerprint density at radius 3 is 2.57 bits per heavy atom. The van der Waals surface area contributed by atoms with Gasteiger partial charge in [-0.1, -0.05) is 11.6 Å². The quantitative estimate of drug-likeness (QED) is 0.801. The molecule has 0 aliphatic rings. The Kier molecular flexibility index (Phi) is 4.75. The Balaban J connectivity index is 2.32. The van der Waals surface area contributed by atoms with Crippen LogP contribution in [0.3, 0.4) is 0 Å². The Labute approximate surface area is 137 Å². The molecule has 0 radical (unpaired) electrons. The van der Waals surface area contributed by atoms with E-state index < -0.39 is 0 Å². The van der Waals surface area contributed by atoms with Crippen LogP contribution in [0.15, 0.2) is 40.9 Å². The average molecular weight is 369 g/mol. The van der Waals surface area contributed by atoms with E-state index in [0.717, 1.165) is 10.2 Å². The maximum absolute atomic E-state index is 12.0. The van der Waals surface area contributed by atoms with Gasteiger partial charge < -0.3 is 16.0 Å². The molecular weight excluding hydrogens is 354 g/mol. The lowest BCUT2D eigenvalue weighted by molar-refractivity contribution is 0.0827. The van der Waals surface area contributed by atoms with Gasteiger partial charge in [-0.25, -0.2) is 0 Å². The van der Waals surface area contributed by atoms with E-state index in [0.29, 0.717) is 22.0 Å². The van der Waals surface area contributed by atoms with Crippen molar-refractivity contribution in [3.8, 4) is 0 Å². The molecule has 3 N–H and O–H groups in total. The largest absolute Gasteiger partial charge is 0.397 e. The van der Waals surface area contributed by atoms with E-state index in [1.807, 2.05) is 12.1 Å². The number of carbonyl (C=O) groups is 1. The first-order valence-corrected chi connectivity index (χ1v) is 7.39. The zero-order valence-electron chi connectivity index (χ0n) is 11.7. The molecule has 4 nitrogen and oxygen atoms in total. The first-order chi connectivity index (χ1) is 9.88. The van der Waals surface area contributed by atoms with E-state index >= 15 is 0 Å². The lowest BCUT2D eigenvalue weighted by atomic mass is 10.1. The zero-order chi connectivity index (χ0) is 15.6. The molecule has 0 aromatic heterocycles. The number of amides is 1. The lowest BCUT2D eigenvalue weighted by Gasteiger charge is -2.14. The van der Waals surface area contributed by atoms with Crippen molar-refractivity contribution in [2.45, 2.75) is 0 Å². The van der Waals surface area contributed by atoms with Gasteiger partial charge in [0.15, 0.2) is 0 Å². The van der Waals surface area contributed by atoms with Crippen molar-refractivity contribution in [1.29, 1.82) is 0 Å². The van der Waals surface area contributed by atoms with Crippen molar-refractivity contribution >= 4 is 50.5 Å². The third kappa shape index (κ3) is 3.68. The molecule has 0 bridgehead atoms. The third-order valence-electron chi connectivity index (χ3n) is 2.91. The topological polar surface area (TPSA) is 58.4 Å². The summed E-state index contributed by atoms with van der Waals surface area (Å²) in [5.74, 6) is -0.0770. The van der Waals surface area contributed by atoms with Crippen molar-refractivity contribution in [3.63, 3.8) is 0 Å². The summed E-state index contributed by atoms with van der Waals surface area (Å²) < 4.78 is 0.819. The van der Waals surface area contributed by atoms with E-state index in [4.69, 9.17) is 17.3 Å². The molecule has 0 atom stereocenters. The molecule has 0 saturated carbocycles. The van der Waals surface area contributed by atoms with Gasteiger partial charge in [0.2, 0.25) is 0 Å². The summed E-state index contributed by atoms with van der Waals surface area (Å²) >= 11 is 9.41. The Morgan fingerprint density at radius 1 is 1.24 bits per heavy atom. The van der Waals surface area contributed by atoms with Gasteiger partial charge in [-0.3, -0.25) is 4.79 Å². The second-order valence-corrected chi connectivity index (χ2v) is 6.02. The van der Waals surface area contributed by atoms with Gasteiger partial charge in [0, 0.05) is 29.8 Å². The van der Waals surface area contributed by atoms with Gasteiger partial charge in [-0.05, 0) is 52.3 Å². The van der Waals surface area contributed by atoms with Crippen molar-refractivity contribution < 1.29 is 4.79 Å². The van der Waals surface area contributed by atoms with Crippen LogP contribution in [0.25, 0.3) is 0 Å². The monoisotopic (exact) mass is 367 g/mol. The summed E-state index contributed by atoms with van der Waals surface area (Å²) in [6.07, 6.45) is 0. The van der Waals surface area contributed by atoms with Crippen LogP contribution in [0, 0.1) is 0 Å². The van der Waals surface area contributed by atoms with Crippen LogP contribution in [-0.2, 0) is 0 Å². The molecule has 2 aromatic carbocycles. The molecule has 0 heterocycles. The van der Waals surface area contributed by atoms with Crippen molar-refractivity contribution in [3.05, 3.63) is 51.5 Å². The number of nitrogens with one attached hydrogen (secondary N) is 1. The first kappa shape index (κ1) is 15.7. The fourth-order valence-electron chi connectivity index (χ4n) is 1.79. The van der Waals surface area contributed by atoms with Crippen LogP contribution >= 0.6 is 27.5 Å². The van der Waals surface area contributed by atoms with Gasteiger partial charge in [-0.2, -0.15) is 0 Å². The molecule has 0 unspecified atom stereocenters. The van der Waals surface area contributed by atoms with Crippen molar-refractivity contribution in [1.82, 2.24) is 4.90 Å². The highest BCUT2D eigenvalue weighted by molar-refractivity contribution is 9.10. The van der Waals surface area contributed by atoms with E-state index in [1.165, 1.54) is 4.90 Å². The van der Waals surface area contributed by atoms with E-state index in [-0.39, 0.29) is 5.91 Å². The number of rotatable bonds is 3. The number of nitrogens with zero attached hydrogens (tertiary/aromatic N) is 1. The summed E-state index contributed by atoms with van der Waals surface area (Å²) in [6.45, 7) is 0. The minimum absolute atomic E-state index is 0.0770. The minimum atomic E-state index is -0.0770. The molecule has 0 aliphatic heterocycles. The van der Waals surface area contributed by atoms with Crippen LogP contribution in [0.1, 0.15) is 10.4 Å². The van der Waals surface area contributed by atoms with Gasteiger partial charge in [0.25, 0.3) is 5.91 Å². The second-order valence-electron chi connectivity index (χ2n) is 4.76. The number of hydrogen-bond acceptors (Lipinski definition) is 3. The summed E-state index contributed by atoms with van der Waals surface area (Å²) in [7, 11) is 3.42. The third-order valence-corrected chi connectivity index (χ3v) is 4.14. The molecule has 0 fully saturated rings. The van der Waals surface area contributed by atoms with Gasteiger partial charge in [0.05, 0.1) is 16.4 Å². The molecule has 2 rings (SSSR count). The van der Waals surface area contributed by atoms with Gasteiger partial charge in [-0.15, -0.1) is 0 Å². The Bertz CT molecular complexity index is 689. The number of carbonyl (C=O) groups excluding carboxylic acids is 1. The van der Waals surface area contributed by atoms with E-state index in [9.17, 15) is 4.79 Å². The number of hydrogen-bond donors (Lipinski definition) is 2. The minimum Gasteiger partial charge on any atom is -0.397 e. The molecule has 21 heavy (non-hydrogen) atoms. The van der Waals surface area contributed by atoms with Crippen molar-refractivity contribution in [2.24, 2.45) is 0 Å². The molecular formula is C15H15BrClN3O. The molecule has 1 amide bonds. The predicted octanol–water partition coefficient (Wildman–Crippen LogP) is 4.13. The smallest absolute Gasteiger partial charge is 0.253 e. The predicted molar refractivity (Wildman–Crippen MR) is 91.3 cm³/mol. The highest BCUT2D eigenvalue weighted by Gasteiger charge is 2.10. The summed E-state index contributed by atoms with van der Waals surface area (Å²) in [4.78, 5) is 13.5. The fourth-order valence-corrected chi connectivity index (χ4v) is 2.21. The Hall–Kier alpha value is -1.72. The Morgan fingerprint density at radius 2 is 1.95 bits per heavy atom. The maximum Gasteiger partial charge on any atom is 0.253 e. The molecule has 0 spiro atoms. The maximum atomic E-state index is 12.0. The standard InChI is InChI=1S/C15H15BrClN3O/c1-20(2)15(21)9-3-6-13(18)14(7-9)19-10-4-5-11(16)12(17)8-10/h3-8,19H,18H2,1-2H3. The highest BCUT2D eigenvalue weighted by Crippen LogP contribution is 2.29. The highest BCUT2D eigenvalue weighted by atomic mass is 79.9. The van der Waals surface area contributed by atoms with Gasteiger partial charge >= 0.3 is 0 Å². The van der Waals surface area contributed by atoms with Crippen LogP contribution < -0.4 is 11.1 Å². The lowest BCUT2D eigenvalue weighted by Crippen LogP contribution is -2.21. The number of halogens is 2. The SMILES string of the molecule is CN(C)C(=O)c1ccc(N)c(Nc2ccc(Br)c(Cl)c2)c1. The molecule has 0 saturated heterocycles. The summed E-state index contributed by atoms with van der Waals surface area (Å²) in [5.41, 5.74) is 8.54. The number of nitrogens with two attached hydrogens (primary N) is 1. The first-order valence-electron chi connectivity index (χ1n) is 6.21.